The quantitative estimate of drug-likeness (QED) is 0.862. The summed E-state index contributed by atoms with van der Waals surface area (Å²) >= 11 is 3.59. The second-order valence-corrected chi connectivity index (χ2v) is 6.17. The summed E-state index contributed by atoms with van der Waals surface area (Å²) in [5.41, 5.74) is 1.89. The predicted octanol–water partition coefficient (Wildman–Crippen LogP) is 4.12. The summed E-state index contributed by atoms with van der Waals surface area (Å²) in [6.45, 7) is 6.68. The average molecular weight is 296 g/mol. The monoisotopic (exact) mass is 295 g/mol. The Bertz CT molecular complexity index is 363. The van der Waals surface area contributed by atoms with E-state index < -0.39 is 0 Å². The minimum Gasteiger partial charge on any atom is -0.316 e. The highest BCUT2D eigenvalue weighted by molar-refractivity contribution is 9.10. The van der Waals surface area contributed by atoms with E-state index in [2.05, 4.69) is 59.4 Å². The van der Waals surface area contributed by atoms with Crippen molar-refractivity contribution in [3.63, 3.8) is 0 Å². The highest BCUT2D eigenvalue weighted by Gasteiger charge is 2.44. The molecule has 0 radical (unpaired) electrons. The summed E-state index contributed by atoms with van der Waals surface area (Å²) in [5.74, 6) is 0.924. The molecule has 1 aliphatic rings. The Labute approximate surface area is 113 Å². The van der Waals surface area contributed by atoms with Crippen LogP contribution in [0.4, 0.5) is 0 Å². The molecule has 1 aliphatic carbocycles. The van der Waals surface area contributed by atoms with Crippen LogP contribution in [0.25, 0.3) is 0 Å². The van der Waals surface area contributed by atoms with Gasteiger partial charge in [0.2, 0.25) is 0 Å². The number of hydrogen-bond acceptors (Lipinski definition) is 1. The van der Waals surface area contributed by atoms with Gasteiger partial charge in [0.15, 0.2) is 0 Å². The van der Waals surface area contributed by atoms with Crippen molar-refractivity contribution in [3.05, 3.63) is 34.3 Å². The molecule has 2 heteroatoms. The first-order valence-corrected chi connectivity index (χ1v) is 7.46. The maximum atomic E-state index is 3.59. The molecule has 1 N–H and O–H groups in total. The van der Waals surface area contributed by atoms with E-state index in [-0.39, 0.29) is 0 Å². The number of hydrogen-bond donors (Lipinski definition) is 1. The SMILES string of the molecule is CCNCC1(c2cccc(Br)c2)CC(CC)C1. The molecule has 1 fully saturated rings. The van der Waals surface area contributed by atoms with Gasteiger partial charge in [0.25, 0.3) is 0 Å². The van der Waals surface area contributed by atoms with E-state index in [9.17, 15) is 0 Å². The van der Waals surface area contributed by atoms with Gasteiger partial charge in [-0.05, 0) is 43.0 Å². The van der Waals surface area contributed by atoms with Crippen LogP contribution in [-0.4, -0.2) is 13.1 Å². The molecule has 0 spiro atoms. The summed E-state index contributed by atoms with van der Waals surface area (Å²) in [6.07, 6.45) is 4.00. The molecule has 0 aliphatic heterocycles. The van der Waals surface area contributed by atoms with Crippen LogP contribution >= 0.6 is 15.9 Å². The largest absolute Gasteiger partial charge is 0.316 e. The van der Waals surface area contributed by atoms with E-state index in [1.807, 2.05) is 0 Å². The summed E-state index contributed by atoms with van der Waals surface area (Å²) in [4.78, 5) is 0. The van der Waals surface area contributed by atoms with Crippen molar-refractivity contribution in [1.82, 2.24) is 5.32 Å². The van der Waals surface area contributed by atoms with Crippen molar-refractivity contribution in [2.24, 2.45) is 5.92 Å². The molecule has 0 unspecified atom stereocenters. The number of likely N-dealkylation sites (N-methyl/N-ethyl adjacent to an activating group) is 1. The molecular weight excluding hydrogens is 274 g/mol. The van der Waals surface area contributed by atoms with Gasteiger partial charge in [-0.15, -0.1) is 0 Å². The summed E-state index contributed by atoms with van der Waals surface area (Å²) < 4.78 is 1.20. The van der Waals surface area contributed by atoms with Gasteiger partial charge in [0, 0.05) is 16.4 Å². The molecule has 1 aromatic rings. The third-order valence-corrected chi connectivity index (χ3v) is 4.58. The third kappa shape index (κ3) is 2.74. The van der Waals surface area contributed by atoms with Crippen molar-refractivity contribution in [2.75, 3.05) is 13.1 Å². The minimum atomic E-state index is 0.389. The smallest absolute Gasteiger partial charge is 0.0178 e. The van der Waals surface area contributed by atoms with Crippen molar-refractivity contribution < 1.29 is 0 Å². The molecule has 0 saturated heterocycles. The lowest BCUT2D eigenvalue weighted by atomic mass is 9.58. The summed E-state index contributed by atoms with van der Waals surface area (Å²) in [5, 5.41) is 3.54. The molecule has 1 aromatic carbocycles. The first-order valence-electron chi connectivity index (χ1n) is 6.67. The van der Waals surface area contributed by atoms with Crippen LogP contribution in [0.3, 0.4) is 0 Å². The molecule has 2 rings (SSSR count). The topological polar surface area (TPSA) is 12.0 Å². The number of nitrogens with one attached hydrogen (secondary N) is 1. The van der Waals surface area contributed by atoms with Crippen LogP contribution in [0.1, 0.15) is 38.7 Å². The van der Waals surface area contributed by atoms with E-state index in [1.54, 1.807) is 0 Å². The Kier molecular flexibility index (Phi) is 4.26. The van der Waals surface area contributed by atoms with Crippen molar-refractivity contribution >= 4 is 15.9 Å². The lowest BCUT2D eigenvalue weighted by Gasteiger charge is -2.48. The Morgan fingerprint density at radius 1 is 1.35 bits per heavy atom. The molecule has 94 valence electrons. The number of rotatable bonds is 5. The van der Waals surface area contributed by atoms with E-state index >= 15 is 0 Å². The van der Waals surface area contributed by atoms with Crippen LogP contribution in [0.2, 0.25) is 0 Å². The van der Waals surface area contributed by atoms with Gasteiger partial charge in [-0.25, -0.2) is 0 Å². The lowest BCUT2D eigenvalue weighted by Crippen LogP contribution is -2.48. The van der Waals surface area contributed by atoms with Gasteiger partial charge >= 0.3 is 0 Å². The molecule has 0 atom stereocenters. The van der Waals surface area contributed by atoms with E-state index in [0.717, 1.165) is 19.0 Å². The average Bonchev–Trinajstić information content (AvgIpc) is 2.28. The Balaban J connectivity index is 2.16. The number of halogens is 1. The predicted molar refractivity (Wildman–Crippen MR) is 77.4 cm³/mol. The summed E-state index contributed by atoms with van der Waals surface area (Å²) in [7, 11) is 0. The van der Waals surface area contributed by atoms with Gasteiger partial charge in [-0.2, -0.15) is 0 Å². The maximum Gasteiger partial charge on any atom is 0.0178 e. The van der Waals surface area contributed by atoms with Gasteiger partial charge in [-0.3, -0.25) is 0 Å². The fourth-order valence-electron chi connectivity index (χ4n) is 3.00. The van der Waals surface area contributed by atoms with Crippen LogP contribution in [0.15, 0.2) is 28.7 Å². The Morgan fingerprint density at radius 2 is 2.12 bits per heavy atom. The van der Waals surface area contributed by atoms with Crippen LogP contribution < -0.4 is 5.32 Å². The highest BCUT2D eigenvalue weighted by atomic mass is 79.9. The Morgan fingerprint density at radius 3 is 2.71 bits per heavy atom. The zero-order chi connectivity index (χ0) is 12.3. The van der Waals surface area contributed by atoms with E-state index in [0.29, 0.717) is 5.41 Å². The third-order valence-electron chi connectivity index (χ3n) is 4.09. The van der Waals surface area contributed by atoms with Crippen molar-refractivity contribution in [3.8, 4) is 0 Å². The van der Waals surface area contributed by atoms with Crippen molar-refractivity contribution in [1.29, 1.82) is 0 Å². The van der Waals surface area contributed by atoms with Crippen LogP contribution in [-0.2, 0) is 5.41 Å². The molecule has 17 heavy (non-hydrogen) atoms. The second-order valence-electron chi connectivity index (χ2n) is 5.25. The standard InChI is InChI=1S/C15H22BrN/c1-3-12-9-15(10-12,11-17-4-2)13-6-5-7-14(16)8-13/h5-8,12,17H,3-4,9-11H2,1-2H3. The zero-order valence-corrected chi connectivity index (χ0v) is 12.4. The highest BCUT2D eigenvalue weighted by Crippen LogP contribution is 2.49. The molecule has 0 amide bonds. The molecule has 1 nitrogen and oxygen atoms in total. The van der Waals surface area contributed by atoms with E-state index in [4.69, 9.17) is 0 Å². The van der Waals surface area contributed by atoms with Crippen LogP contribution in [0, 0.1) is 5.92 Å². The van der Waals surface area contributed by atoms with Gasteiger partial charge in [-0.1, -0.05) is 48.3 Å². The zero-order valence-electron chi connectivity index (χ0n) is 10.8. The maximum absolute atomic E-state index is 3.59. The fraction of sp³-hybridized carbons (Fsp3) is 0.600. The lowest BCUT2D eigenvalue weighted by molar-refractivity contribution is 0.134. The Hall–Kier alpha value is -0.340. The van der Waals surface area contributed by atoms with E-state index in [1.165, 1.54) is 29.3 Å². The molecule has 0 bridgehead atoms. The summed E-state index contributed by atoms with van der Waals surface area (Å²) in [6, 6.07) is 8.85. The minimum absolute atomic E-state index is 0.389. The van der Waals surface area contributed by atoms with Gasteiger partial charge in [0.05, 0.1) is 0 Å². The van der Waals surface area contributed by atoms with Crippen molar-refractivity contribution in [2.45, 2.75) is 38.5 Å². The number of benzene rings is 1. The normalized spacial score (nSPS) is 27.8. The van der Waals surface area contributed by atoms with Crippen LogP contribution in [0.5, 0.6) is 0 Å². The molecule has 0 aromatic heterocycles. The molecule has 0 heterocycles. The fourth-order valence-corrected chi connectivity index (χ4v) is 3.40. The van der Waals surface area contributed by atoms with Gasteiger partial charge < -0.3 is 5.32 Å². The first-order chi connectivity index (χ1) is 8.20. The molecular formula is C15H22BrN. The second kappa shape index (κ2) is 5.53. The van der Waals surface area contributed by atoms with Gasteiger partial charge in [0.1, 0.15) is 0 Å². The molecule has 1 saturated carbocycles. The first kappa shape index (κ1) is 13.1.